The third-order valence-electron chi connectivity index (χ3n) is 3.53. The van der Waals surface area contributed by atoms with Crippen molar-refractivity contribution in [1.29, 1.82) is 0 Å². The first-order chi connectivity index (χ1) is 9.77. The summed E-state index contributed by atoms with van der Waals surface area (Å²) >= 11 is 0. The zero-order chi connectivity index (χ0) is 13.9. The number of hydrogen-bond donors (Lipinski definition) is 0. The molecule has 1 aliphatic heterocycles. The third kappa shape index (κ3) is 2.19. The van der Waals surface area contributed by atoms with Gasteiger partial charge >= 0.3 is 0 Å². The van der Waals surface area contributed by atoms with Crippen molar-refractivity contribution in [2.45, 2.75) is 6.92 Å². The average molecular weight is 259 g/mol. The first-order valence-electron chi connectivity index (χ1n) is 6.75. The third-order valence-corrected chi connectivity index (χ3v) is 3.53. The van der Waals surface area contributed by atoms with E-state index in [1.165, 1.54) is 11.3 Å². The van der Waals surface area contributed by atoms with Crippen LogP contribution in [0.4, 0.5) is 11.4 Å². The lowest BCUT2D eigenvalue weighted by atomic mass is 10.0. The van der Waals surface area contributed by atoms with Gasteiger partial charge in [0.2, 0.25) is 0 Å². The number of rotatable bonds is 1. The Balaban J connectivity index is 2.22. The van der Waals surface area contributed by atoms with Gasteiger partial charge in [-0.1, -0.05) is 55.1 Å². The maximum Gasteiger partial charge on any atom is 0.0533 e. The van der Waals surface area contributed by atoms with Crippen molar-refractivity contribution in [3.63, 3.8) is 0 Å². The van der Waals surface area contributed by atoms with Crippen molar-refractivity contribution in [1.82, 2.24) is 0 Å². The molecule has 0 spiro atoms. The molecule has 0 radical (unpaired) electrons. The predicted octanol–water partition coefficient (Wildman–Crippen LogP) is 5.23. The maximum absolute atomic E-state index is 4.16. The number of aryl methyl sites for hydroxylation is 1. The number of hydrogen-bond acceptors (Lipinski definition) is 1. The summed E-state index contributed by atoms with van der Waals surface area (Å²) in [5.41, 5.74) is 5.80. The van der Waals surface area contributed by atoms with Crippen molar-refractivity contribution < 1.29 is 0 Å². The molecule has 0 fully saturated rings. The number of benzene rings is 2. The zero-order valence-corrected chi connectivity index (χ0v) is 11.6. The Bertz CT molecular complexity index is 707. The summed E-state index contributed by atoms with van der Waals surface area (Å²) in [6.07, 6.45) is 8.23. The number of fused-ring (bicyclic) bond motifs is 1. The fraction of sp³-hybridized carbons (Fsp3) is 0.0526. The number of anilines is 2. The summed E-state index contributed by atoms with van der Waals surface area (Å²) in [7, 11) is 0. The Labute approximate surface area is 120 Å². The van der Waals surface area contributed by atoms with Crippen LogP contribution in [0.2, 0.25) is 0 Å². The highest BCUT2D eigenvalue weighted by atomic mass is 15.1. The Morgan fingerprint density at radius 1 is 0.850 bits per heavy atom. The molecule has 0 saturated carbocycles. The van der Waals surface area contributed by atoms with Crippen molar-refractivity contribution in [2.24, 2.45) is 0 Å². The first-order valence-corrected chi connectivity index (χ1v) is 6.75. The van der Waals surface area contributed by atoms with Crippen LogP contribution in [-0.2, 0) is 0 Å². The van der Waals surface area contributed by atoms with E-state index in [0.717, 1.165) is 16.8 Å². The first kappa shape index (κ1) is 12.5. The van der Waals surface area contributed by atoms with E-state index in [2.05, 4.69) is 73.1 Å². The van der Waals surface area contributed by atoms with Crippen LogP contribution in [0.1, 0.15) is 11.1 Å². The van der Waals surface area contributed by atoms with E-state index in [9.17, 15) is 0 Å². The molecule has 3 rings (SSSR count). The second-order valence-electron chi connectivity index (χ2n) is 4.90. The molecule has 0 bridgehead atoms. The van der Waals surface area contributed by atoms with E-state index in [4.69, 9.17) is 0 Å². The van der Waals surface area contributed by atoms with Gasteiger partial charge in [0.1, 0.15) is 0 Å². The molecule has 2 aromatic carbocycles. The van der Waals surface area contributed by atoms with Gasteiger partial charge in [0.25, 0.3) is 0 Å². The van der Waals surface area contributed by atoms with Crippen LogP contribution in [0.15, 0.2) is 79.5 Å². The van der Waals surface area contributed by atoms with Gasteiger partial charge in [0, 0.05) is 17.5 Å². The molecule has 0 amide bonds. The Hall–Kier alpha value is -2.54. The van der Waals surface area contributed by atoms with Crippen molar-refractivity contribution >= 4 is 16.9 Å². The molecular weight excluding hydrogens is 242 g/mol. The Morgan fingerprint density at radius 3 is 2.35 bits per heavy atom. The van der Waals surface area contributed by atoms with Crippen LogP contribution in [0.3, 0.4) is 0 Å². The lowest BCUT2D eigenvalue weighted by molar-refractivity contribution is 1.24. The van der Waals surface area contributed by atoms with E-state index in [0.29, 0.717) is 0 Å². The van der Waals surface area contributed by atoms with Gasteiger partial charge in [-0.25, -0.2) is 0 Å². The van der Waals surface area contributed by atoms with E-state index < -0.39 is 0 Å². The SMILES string of the molecule is C=C1/C=C\C=C/N(c2ccccc2C)c2ccccc21. The van der Waals surface area contributed by atoms with Gasteiger partial charge in [-0.15, -0.1) is 0 Å². The minimum Gasteiger partial charge on any atom is -0.316 e. The highest BCUT2D eigenvalue weighted by Gasteiger charge is 2.14. The molecule has 1 heterocycles. The quantitative estimate of drug-likeness (QED) is 0.677. The van der Waals surface area contributed by atoms with Gasteiger partial charge in [-0.2, -0.15) is 0 Å². The molecule has 0 aliphatic carbocycles. The summed E-state index contributed by atoms with van der Waals surface area (Å²) in [6, 6.07) is 16.8. The second-order valence-corrected chi connectivity index (χ2v) is 4.90. The van der Waals surface area contributed by atoms with Crippen LogP contribution in [0.25, 0.3) is 5.57 Å². The Morgan fingerprint density at radius 2 is 1.55 bits per heavy atom. The molecule has 1 aliphatic rings. The lowest BCUT2D eigenvalue weighted by Crippen LogP contribution is -2.12. The molecule has 0 atom stereocenters. The highest BCUT2D eigenvalue weighted by molar-refractivity contribution is 5.85. The summed E-state index contributed by atoms with van der Waals surface area (Å²) < 4.78 is 0. The maximum atomic E-state index is 4.16. The molecule has 2 aromatic rings. The summed E-state index contributed by atoms with van der Waals surface area (Å²) in [4.78, 5) is 2.22. The van der Waals surface area contributed by atoms with E-state index >= 15 is 0 Å². The van der Waals surface area contributed by atoms with Crippen LogP contribution in [0.5, 0.6) is 0 Å². The van der Waals surface area contributed by atoms with Crippen LogP contribution in [-0.4, -0.2) is 0 Å². The molecule has 0 saturated heterocycles. The van der Waals surface area contributed by atoms with E-state index in [-0.39, 0.29) is 0 Å². The average Bonchev–Trinajstić information content (AvgIpc) is 2.47. The molecule has 1 nitrogen and oxygen atoms in total. The van der Waals surface area contributed by atoms with E-state index in [1.54, 1.807) is 0 Å². The Kier molecular flexibility index (Phi) is 3.26. The molecule has 0 aromatic heterocycles. The second kappa shape index (κ2) is 5.22. The normalized spacial score (nSPS) is 17.1. The standard InChI is InChI=1S/C19H17N/c1-15-9-7-8-14-20(18-12-5-3-10-16(18)2)19-13-6-4-11-17(15)19/h3-14H,1H2,2H3/b9-7-,14-8-. The largest absolute Gasteiger partial charge is 0.316 e. The number of para-hydroxylation sites is 2. The topological polar surface area (TPSA) is 3.24 Å². The van der Waals surface area contributed by atoms with Crippen molar-refractivity contribution in [3.8, 4) is 0 Å². The van der Waals surface area contributed by atoms with Gasteiger partial charge in [-0.05, 0) is 36.3 Å². The molecule has 0 unspecified atom stereocenters. The summed E-state index contributed by atoms with van der Waals surface area (Å²) in [5.74, 6) is 0. The molecule has 0 N–H and O–H groups in total. The van der Waals surface area contributed by atoms with E-state index in [1.807, 2.05) is 18.2 Å². The minimum absolute atomic E-state index is 1.03. The fourth-order valence-corrected chi connectivity index (χ4v) is 2.48. The number of nitrogens with zero attached hydrogens (tertiary/aromatic N) is 1. The highest BCUT2D eigenvalue weighted by Crippen LogP contribution is 2.35. The van der Waals surface area contributed by atoms with Crippen LogP contribution < -0.4 is 4.90 Å². The fourth-order valence-electron chi connectivity index (χ4n) is 2.48. The summed E-state index contributed by atoms with van der Waals surface area (Å²) in [6.45, 7) is 6.29. The van der Waals surface area contributed by atoms with Gasteiger partial charge in [-0.3, -0.25) is 0 Å². The number of allylic oxidation sites excluding steroid dienone is 4. The van der Waals surface area contributed by atoms with Gasteiger partial charge in [0.15, 0.2) is 0 Å². The molecule has 98 valence electrons. The smallest absolute Gasteiger partial charge is 0.0533 e. The summed E-state index contributed by atoms with van der Waals surface area (Å²) in [5, 5.41) is 0. The monoisotopic (exact) mass is 259 g/mol. The molecule has 20 heavy (non-hydrogen) atoms. The van der Waals surface area contributed by atoms with Gasteiger partial charge < -0.3 is 4.90 Å². The minimum atomic E-state index is 1.03. The molecular formula is C19H17N. The van der Waals surface area contributed by atoms with Crippen molar-refractivity contribution in [2.75, 3.05) is 4.90 Å². The lowest BCUT2D eigenvalue weighted by Gasteiger charge is -2.26. The van der Waals surface area contributed by atoms with Crippen molar-refractivity contribution in [3.05, 3.63) is 90.7 Å². The van der Waals surface area contributed by atoms with Crippen LogP contribution in [0, 0.1) is 6.92 Å². The van der Waals surface area contributed by atoms with Gasteiger partial charge in [0.05, 0.1) is 5.69 Å². The van der Waals surface area contributed by atoms with Crippen LogP contribution >= 0.6 is 0 Å². The molecule has 1 heteroatoms. The predicted molar refractivity (Wildman–Crippen MR) is 87.1 cm³/mol. The zero-order valence-electron chi connectivity index (χ0n) is 11.6.